The van der Waals surface area contributed by atoms with E-state index in [0.717, 1.165) is 16.9 Å². The maximum Gasteiger partial charge on any atom is 0.338 e. The van der Waals surface area contributed by atoms with E-state index in [4.69, 9.17) is 15.2 Å². The van der Waals surface area contributed by atoms with Crippen LogP contribution in [0.15, 0.2) is 48.5 Å². The summed E-state index contributed by atoms with van der Waals surface area (Å²) in [7, 11) is 1.61. The first-order valence-corrected chi connectivity index (χ1v) is 6.32. The molecule has 0 saturated heterocycles. The van der Waals surface area contributed by atoms with E-state index in [-0.39, 0.29) is 12.6 Å². The van der Waals surface area contributed by atoms with Gasteiger partial charge in [0.1, 0.15) is 12.4 Å². The molecule has 0 aliphatic carbocycles. The third kappa shape index (κ3) is 3.59. The summed E-state index contributed by atoms with van der Waals surface area (Å²) in [5.41, 5.74) is 7.93. The molecule has 0 amide bonds. The highest BCUT2D eigenvalue weighted by atomic mass is 16.5. The van der Waals surface area contributed by atoms with Gasteiger partial charge in [0, 0.05) is 6.54 Å². The largest absolute Gasteiger partial charge is 0.497 e. The van der Waals surface area contributed by atoms with Crippen LogP contribution < -0.4 is 10.5 Å². The fraction of sp³-hybridized carbons (Fsp3) is 0.188. The molecule has 2 N–H and O–H groups in total. The maximum atomic E-state index is 11.9. The average Bonchev–Trinajstić information content (AvgIpc) is 2.53. The number of hydrogen-bond acceptors (Lipinski definition) is 4. The molecule has 2 aromatic rings. The van der Waals surface area contributed by atoms with Gasteiger partial charge in [0.05, 0.1) is 12.7 Å². The number of carbonyl (C=O) groups is 1. The van der Waals surface area contributed by atoms with Gasteiger partial charge in [-0.05, 0) is 35.4 Å². The van der Waals surface area contributed by atoms with Crippen molar-refractivity contribution in [3.8, 4) is 5.75 Å². The summed E-state index contributed by atoms with van der Waals surface area (Å²) in [4.78, 5) is 11.9. The molecular weight excluding hydrogens is 254 g/mol. The summed E-state index contributed by atoms with van der Waals surface area (Å²) in [6, 6.07) is 14.5. The van der Waals surface area contributed by atoms with Crippen molar-refractivity contribution >= 4 is 5.97 Å². The van der Waals surface area contributed by atoms with Crippen LogP contribution in [0, 0.1) is 0 Å². The Kier molecular flexibility index (Phi) is 4.74. The van der Waals surface area contributed by atoms with Crippen LogP contribution >= 0.6 is 0 Å². The molecule has 104 valence electrons. The summed E-state index contributed by atoms with van der Waals surface area (Å²) < 4.78 is 10.3. The highest BCUT2D eigenvalue weighted by molar-refractivity contribution is 5.89. The van der Waals surface area contributed by atoms with E-state index in [1.54, 1.807) is 19.2 Å². The molecule has 0 atom stereocenters. The third-order valence-electron chi connectivity index (χ3n) is 2.95. The van der Waals surface area contributed by atoms with Crippen molar-refractivity contribution in [3.05, 3.63) is 65.2 Å². The minimum Gasteiger partial charge on any atom is -0.497 e. The first kappa shape index (κ1) is 14.1. The van der Waals surface area contributed by atoms with Gasteiger partial charge < -0.3 is 15.2 Å². The lowest BCUT2D eigenvalue weighted by Gasteiger charge is -2.06. The fourth-order valence-corrected chi connectivity index (χ4v) is 1.73. The van der Waals surface area contributed by atoms with E-state index in [9.17, 15) is 4.79 Å². The minimum atomic E-state index is -0.343. The van der Waals surface area contributed by atoms with Gasteiger partial charge in [-0.15, -0.1) is 0 Å². The molecule has 20 heavy (non-hydrogen) atoms. The fourth-order valence-electron chi connectivity index (χ4n) is 1.73. The molecule has 0 heterocycles. The Morgan fingerprint density at radius 1 is 1.00 bits per heavy atom. The highest BCUT2D eigenvalue weighted by Gasteiger charge is 2.07. The number of methoxy groups -OCH3 is 1. The quantitative estimate of drug-likeness (QED) is 0.849. The van der Waals surface area contributed by atoms with E-state index >= 15 is 0 Å². The van der Waals surface area contributed by atoms with Crippen LogP contribution in [0.4, 0.5) is 0 Å². The number of hydrogen-bond donors (Lipinski definition) is 1. The van der Waals surface area contributed by atoms with E-state index in [1.165, 1.54) is 0 Å². The number of rotatable bonds is 5. The Morgan fingerprint density at radius 3 is 2.15 bits per heavy atom. The van der Waals surface area contributed by atoms with Gasteiger partial charge in [-0.2, -0.15) is 0 Å². The topological polar surface area (TPSA) is 61.5 Å². The van der Waals surface area contributed by atoms with E-state index in [0.29, 0.717) is 12.1 Å². The Balaban J connectivity index is 1.93. The molecule has 0 aliphatic rings. The number of benzene rings is 2. The van der Waals surface area contributed by atoms with E-state index in [2.05, 4.69) is 0 Å². The Hall–Kier alpha value is -2.33. The molecule has 4 nitrogen and oxygen atoms in total. The predicted molar refractivity (Wildman–Crippen MR) is 76.4 cm³/mol. The normalized spacial score (nSPS) is 10.1. The highest BCUT2D eigenvalue weighted by Crippen LogP contribution is 2.13. The molecule has 0 fully saturated rings. The molecule has 0 bridgehead atoms. The molecule has 0 aliphatic heterocycles. The molecule has 0 radical (unpaired) electrons. The molecular formula is C16H17NO3. The van der Waals surface area contributed by atoms with Crippen LogP contribution in [-0.2, 0) is 17.9 Å². The van der Waals surface area contributed by atoms with Crippen LogP contribution in [0.3, 0.4) is 0 Å². The van der Waals surface area contributed by atoms with E-state index < -0.39 is 0 Å². The smallest absolute Gasteiger partial charge is 0.338 e. The Morgan fingerprint density at radius 2 is 1.60 bits per heavy atom. The van der Waals surface area contributed by atoms with Gasteiger partial charge in [-0.3, -0.25) is 0 Å². The summed E-state index contributed by atoms with van der Waals surface area (Å²) in [6.45, 7) is 0.697. The molecule has 4 heteroatoms. The summed E-state index contributed by atoms with van der Waals surface area (Å²) in [5.74, 6) is 0.432. The van der Waals surface area contributed by atoms with Gasteiger partial charge in [-0.1, -0.05) is 24.3 Å². The zero-order valence-electron chi connectivity index (χ0n) is 11.3. The Bertz CT molecular complexity index is 561. The van der Waals surface area contributed by atoms with Crippen molar-refractivity contribution in [2.75, 3.05) is 7.11 Å². The van der Waals surface area contributed by atoms with Crippen molar-refractivity contribution < 1.29 is 14.3 Å². The standard InChI is InChI=1S/C16H17NO3/c1-19-15-8-4-13(5-9-15)11-20-16(18)14-6-2-12(10-17)3-7-14/h2-9H,10-11,17H2,1H3. The van der Waals surface area contributed by atoms with E-state index in [1.807, 2.05) is 36.4 Å². The molecule has 2 rings (SSSR count). The monoisotopic (exact) mass is 271 g/mol. The lowest BCUT2D eigenvalue weighted by atomic mass is 10.1. The number of nitrogens with two attached hydrogens (primary N) is 1. The second-order valence-corrected chi connectivity index (χ2v) is 4.33. The minimum absolute atomic E-state index is 0.238. The second-order valence-electron chi connectivity index (χ2n) is 4.33. The number of ether oxygens (including phenoxy) is 2. The van der Waals surface area contributed by atoms with Crippen LogP contribution in [0.5, 0.6) is 5.75 Å². The number of esters is 1. The second kappa shape index (κ2) is 6.73. The van der Waals surface area contributed by atoms with Crippen molar-refractivity contribution in [2.24, 2.45) is 5.73 Å². The first-order chi connectivity index (χ1) is 9.72. The predicted octanol–water partition coefficient (Wildman–Crippen LogP) is 2.51. The molecule has 2 aromatic carbocycles. The average molecular weight is 271 g/mol. The van der Waals surface area contributed by atoms with Crippen molar-refractivity contribution in [1.29, 1.82) is 0 Å². The van der Waals surface area contributed by atoms with Gasteiger partial charge in [0.2, 0.25) is 0 Å². The van der Waals surface area contributed by atoms with Crippen LogP contribution in [0.25, 0.3) is 0 Å². The van der Waals surface area contributed by atoms with Crippen molar-refractivity contribution in [2.45, 2.75) is 13.2 Å². The lowest BCUT2D eigenvalue weighted by Crippen LogP contribution is -2.06. The first-order valence-electron chi connectivity index (χ1n) is 6.32. The Labute approximate surface area is 118 Å². The zero-order chi connectivity index (χ0) is 14.4. The SMILES string of the molecule is COc1ccc(COC(=O)c2ccc(CN)cc2)cc1. The van der Waals surface area contributed by atoms with Gasteiger partial charge in [0.25, 0.3) is 0 Å². The van der Waals surface area contributed by atoms with Crippen LogP contribution in [0.1, 0.15) is 21.5 Å². The summed E-state index contributed by atoms with van der Waals surface area (Å²) in [6.07, 6.45) is 0. The summed E-state index contributed by atoms with van der Waals surface area (Å²) in [5, 5.41) is 0. The van der Waals surface area contributed by atoms with Crippen molar-refractivity contribution in [3.63, 3.8) is 0 Å². The van der Waals surface area contributed by atoms with Gasteiger partial charge in [-0.25, -0.2) is 4.79 Å². The van der Waals surface area contributed by atoms with Gasteiger partial charge >= 0.3 is 5.97 Å². The molecule has 0 saturated carbocycles. The van der Waals surface area contributed by atoms with Crippen LogP contribution in [-0.4, -0.2) is 13.1 Å². The molecule has 0 spiro atoms. The molecule has 0 aromatic heterocycles. The molecule has 0 unspecified atom stereocenters. The lowest BCUT2D eigenvalue weighted by molar-refractivity contribution is 0.0472. The third-order valence-corrected chi connectivity index (χ3v) is 2.95. The summed E-state index contributed by atoms with van der Waals surface area (Å²) >= 11 is 0. The van der Waals surface area contributed by atoms with Gasteiger partial charge in [0.15, 0.2) is 0 Å². The van der Waals surface area contributed by atoms with Crippen LogP contribution in [0.2, 0.25) is 0 Å². The maximum absolute atomic E-state index is 11.9. The number of carbonyl (C=O) groups excluding carboxylic acids is 1. The van der Waals surface area contributed by atoms with Crippen molar-refractivity contribution in [1.82, 2.24) is 0 Å². The zero-order valence-corrected chi connectivity index (χ0v) is 11.3.